The van der Waals surface area contributed by atoms with Crippen LogP contribution in [0.1, 0.15) is 18.7 Å². The number of amides is 1. The molecule has 0 saturated heterocycles. The summed E-state index contributed by atoms with van der Waals surface area (Å²) in [4.78, 5) is 22.9. The Balaban J connectivity index is 1.92. The average molecular weight is 446 g/mol. The zero-order valence-corrected chi connectivity index (χ0v) is 19.4. The van der Waals surface area contributed by atoms with Crippen LogP contribution in [-0.4, -0.2) is 56.2 Å². The molecule has 1 aromatic carbocycles. The molecule has 160 valence electrons. The minimum absolute atomic E-state index is 0.0754. The van der Waals surface area contributed by atoms with Gasteiger partial charge in [-0.1, -0.05) is 31.3 Å². The van der Waals surface area contributed by atoms with E-state index in [1.54, 1.807) is 36.5 Å². The van der Waals surface area contributed by atoms with E-state index in [1.165, 1.54) is 11.3 Å². The Bertz CT molecular complexity index is 954. The summed E-state index contributed by atoms with van der Waals surface area (Å²) in [7, 11) is 3.22. The van der Waals surface area contributed by atoms with Gasteiger partial charge in [-0.15, -0.1) is 11.3 Å². The molecule has 0 aliphatic rings. The van der Waals surface area contributed by atoms with Gasteiger partial charge in [-0.25, -0.2) is 4.98 Å². The SMILES string of the molecule is CCN(CC)CCN(C(=O)/C=C/c1cccs1)c1nc2cc(OC)c(OC)cc2s1. The number of anilines is 1. The van der Waals surface area contributed by atoms with Crippen LogP contribution in [-0.2, 0) is 4.79 Å². The number of ether oxygens (including phenoxy) is 2. The number of thiophene rings is 1. The molecular formula is C22H27N3O3S2. The molecule has 0 radical (unpaired) electrons. The summed E-state index contributed by atoms with van der Waals surface area (Å²) >= 11 is 3.08. The van der Waals surface area contributed by atoms with Crippen molar-refractivity contribution in [1.82, 2.24) is 9.88 Å². The van der Waals surface area contributed by atoms with E-state index in [0.29, 0.717) is 23.2 Å². The fourth-order valence-corrected chi connectivity index (χ4v) is 4.69. The molecule has 0 saturated carbocycles. The Morgan fingerprint density at radius 2 is 1.87 bits per heavy atom. The zero-order chi connectivity index (χ0) is 21.5. The minimum atomic E-state index is -0.0754. The minimum Gasteiger partial charge on any atom is -0.493 e. The van der Waals surface area contributed by atoms with Crippen LogP contribution in [0.25, 0.3) is 16.3 Å². The average Bonchev–Trinajstić information content (AvgIpc) is 3.43. The predicted molar refractivity (Wildman–Crippen MR) is 126 cm³/mol. The van der Waals surface area contributed by atoms with Crippen LogP contribution in [0, 0.1) is 0 Å². The summed E-state index contributed by atoms with van der Waals surface area (Å²) in [5.41, 5.74) is 0.788. The normalized spacial score (nSPS) is 11.5. The van der Waals surface area contributed by atoms with E-state index in [-0.39, 0.29) is 5.91 Å². The first-order valence-electron chi connectivity index (χ1n) is 9.87. The molecule has 0 fully saturated rings. The van der Waals surface area contributed by atoms with E-state index in [0.717, 1.165) is 34.7 Å². The Morgan fingerprint density at radius 1 is 1.13 bits per heavy atom. The Labute approximate surface area is 185 Å². The summed E-state index contributed by atoms with van der Waals surface area (Å²) in [6, 6.07) is 7.72. The van der Waals surface area contributed by atoms with Crippen molar-refractivity contribution >= 4 is 50.0 Å². The number of methoxy groups -OCH3 is 2. The van der Waals surface area contributed by atoms with Crippen LogP contribution in [0.3, 0.4) is 0 Å². The maximum Gasteiger partial charge on any atom is 0.252 e. The largest absolute Gasteiger partial charge is 0.493 e. The van der Waals surface area contributed by atoms with Gasteiger partial charge < -0.3 is 14.4 Å². The van der Waals surface area contributed by atoms with Crippen LogP contribution >= 0.6 is 22.7 Å². The van der Waals surface area contributed by atoms with E-state index >= 15 is 0 Å². The number of hydrogen-bond donors (Lipinski definition) is 0. The van der Waals surface area contributed by atoms with E-state index in [9.17, 15) is 4.79 Å². The third-order valence-corrected chi connectivity index (χ3v) is 6.73. The molecule has 2 heterocycles. The van der Waals surface area contributed by atoms with Crippen molar-refractivity contribution in [2.45, 2.75) is 13.8 Å². The molecule has 0 N–H and O–H groups in total. The molecule has 0 aliphatic heterocycles. The van der Waals surface area contributed by atoms with Gasteiger partial charge in [0.05, 0.1) is 24.4 Å². The Morgan fingerprint density at radius 3 is 2.50 bits per heavy atom. The number of hydrogen-bond acceptors (Lipinski definition) is 7. The number of fused-ring (bicyclic) bond motifs is 1. The number of rotatable bonds is 10. The summed E-state index contributed by atoms with van der Waals surface area (Å²) in [6.45, 7) is 7.50. The number of nitrogens with zero attached hydrogens (tertiary/aromatic N) is 3. The number of carbonyl (C=O) groups is 1. The van der Waals surface area contributed by atoms with Gasteiger partial charge in [0.15, 0.2) is 16.6 Å². The van der Waals surface area contributed by atoms with Gasteiger partial charge in [0.1, 0.15) is 0 Å². The van der Waals surface area contributed by atoms with Gasteiger partial charge in [-0.05, 0) is 30.6 Å². The van der Waals surface area contributed by atoms with Crippen molar-refractivity contribution in [3.05, 3.63) is 40.6 Å². The number of benzene rings is 1. The van der Waals surface area contributed by atoms with Crippen molar-refractivity contribution in [3.8, 4) is 11.5 Å². The van der Waals surface area contributed by atoms with Crippen molar-refractivity contribution in [3.63, 3.8) is 0 Å². The highest BCUT2D eigenvalue weighted by Crippen LogP contribution is 2.37. The first-order chi connectivity index (χ1) is 14.6. The molecule has 0 bridgehead atoms. The summed E-state index contributed by atoms with van der Waals surface area (Å²) in [6.07, 6.45) is 3.48. The molecule has 0 spiro atoms. The Hall–Kier alpha value is -2.42. The van der Waals surface area contributed by atoms with Crippen LogP contribution in [0.4, 0.5) is 5.13 Å². The standard InChI is InChI=1S/C22H27N3O3S2/c1-5-24(6-2)11-12-25(21(26)10-9-16-8-7-13-29-16)22-23-17-14-18(27-3)19(28-4)15-20(17)30-22/h7-10,13-15H,5-6,11-12H2,1-4H3/b10-9+. The molecule has 0 aliphatic carbocycles. The van der Waals surface area contributed by atoms with Crippen molar-refractivity contribution in [2.75, 3.05) is 45.3 Å². The summed E-state index contributed by atoms with van der Waals surface area (Å²) in [5, 5.41) is 2.67. The third-order valence-electron chi connectivity index (χ3n) is 4.85. The van der Waals surface area contributed by atoms with Gasteiger partial charge in [-0.3, -0.25) is 9.69 Å². The third kappa shape index (κ3) is 5.19. The van der Waals surface area contributed by atoms with Crippen molar-refractivity contribution < 1.29 is 14.3 Å². The fraction of sp³-hybridized carbons (Fsp3) is 0.364. The van der Waals surface area contributed by atoms with E-state index in [1.807, 2.05) is 35.7 Å². The molecule has 0 unspecified atom stereocenters. The lowest BCUT2D eigenvalue weighted by Crippen LogP contribution is -2.38. The number of carbonyl (C=O) groups excluding carboxylic acids is 1. The van der Waals surface area contributed by atoms with E-state index in [2.05, 4.69) is 18.7 Å². The lowest BCUT2D eigenvalue weighted by Gasteiger charge is -2.23. The van der Waals surface area contributed by atoms with Crippen LogP contribution < -0.4 is 14.4 Å². The predicted octanol–water partition coefficient (Wildman–Crippen LogP) is 4.76. The molecular weight excluding hydrogens is 418 g/mol. The van der Waals surface area contributed by atoms with Crippen molar-refractivity contribution in [1.29, 1.82) is 0 Å². The highest BCUT2D eigenvalue weighted by Gasteiger charge is 2.20. The molecule has 6 nitrogen and oxygen atoms in total. The molecule has 3 rings (SSSR count). The van der Waals surface area contributed by atoms with Crippen LogP contribution in [0.2, 0.25) is 0 Å². The molecule has 8 heteroatoms. The van der Waals surface area contributed by atoms with E-state index < -0.39 is 0 Å². The first-order valence-corrected chi connectivity index (χ1v) is 11.6. The zero-order valence-electron chi connectivity index (χ0n) is 17.8. The second-order valence-corrected chi connectivity index (χ2v) is 8.53. The Kier molecular flexibility index (Phi) is 7.84. The molecule has 2 aromatic heterocycles. The van der Waals surface area contributed by atoms with Crippen LogP contribution in [0.5, 0.6) is 11.5 Å². The number of thiazole rings is 1. The second kappa shape index (κ2) is 10.6. The number of likely N-dealkylation sites (N-methyl/N-ethyl adjacent to an activating group) is 1. The smallest absolute Gasteiger partial charge is 0.252 e. The molecule has 1 amide bonds. The highest BCUT2D eigenvalue weighted by molar-refractivity contribution is 7.22. The van der Waals surface area contributed by atoms with Crippen LogP contribution in [0.15, 0.2) is 35.7 Å². The highest BCUT2D eigenvalue weighted by atomic mass is 32.1. The van der Waals surface area contributed by atoms with Gasteiger partial charge in [0.25, 0.3) is 5.91 Å². The molecule has 3 aromatic rings. The second-order valence-electron chi connectivity index (χ2n) is 6.54. The summed E-state index contributed by atoms with van der Waals surface area (Å²) in [5.74, 6) is 1.20. The van der Waals surface area contributed by atoms with Crippen molar-refractivity contribution in [2.24, 2.45) is 0 Å². The fourth-order valence-electron chi connectivity index (χ4n) is 3.07. The van der Waals surface area contributed by atoms with Gasteiger partial charge in [0, 0.05) is 36.2 Å². The lowest BCUT2D eigenvalue weighted by molar-refractivity contribution is -0.114. The number of aromatic nitrogens is 1. The van der Waals surface area contributed by atoms with E-state index in [4.69, 9.17) is 14.5 Å². The topological polar surface area (TPSA) is 54.9 Å². The van der Waals surface area contributed by atoms with Gasteiger partial charge in [0.2, 0.25) is 0 Å². The lowest BCUT2D eigenvalue weighted by atomic mass is 10.3. The monoisotopic (exact) mass is 445 g/mol. The first kappa shape index (κ1) is 22.3. The summed E-state index contributed by atoms with van der Waals surface area (Å²) < 4.78 is 11.7. The molecule has 30 heavy (non-hydrogen) atoms. The quantitative estimate of drug-likeness (QED) is 0.421. The molecule has 0 atom stereocenters. The maximum absolute atomic E-state index is 13.1. The maximum atomic E-state index is 13.1. The van der Waals surface area contributed by atoms with Gasteiger partial charge in [-0.2, -0.15) is 0 Å². The van der Waals surface area contributed by atoms with Gasteiger partial charge >= 0.3 is 0 Å².